The third-order valence-corrected chi connectivity index (χ3v) is 2.47. The smallest absolute Gasteiger partial charge is 0.251 e. The van der Waals surface area contributed by atoms with Crippen LogP contribution in [0.5, 0.6) is 0 Å². The summed E-state index contributed by atoms with van der Waals surface area (Å²) in [4.78, 5) is 3.28. The average Bonchev–Trinajstić information content (AvgIpc) is 1.92. The molecular formula is C7H5F3IN. The van der Waals surface area contributed by atoms with Crippen LogP contribution in [0.25, 0.3) is 0 Å². The van der Waals surface area contributed by atoms with Crippen molar-refractivity contribution in [2.24, 2.45) is 0 Å². The Hall–Kier alpha value is -0.330. The van der Waals surface area contributed by atoms with E-state index in [9.17, 15) is 13.2 Å². The van der Waals surface area contributed by atoms with Gasteiger partial charge in [-0.1, -0.05) is 0 Å². The van der Waals surface area contributed by atoms with Gasteiger partial charge < -0.3 is 0 Å². The summed E-state index contributed by atoms with van der Waals surface area (Å²) in [6.45, 7) is 1.62. The first kappa shape index (κ1) is 9.76. The van der Waals surface area contributed by atoms with Crippen LogP contribution < -0.4 is 0 Å². The van der Waals surface area contributed by atoms with Crippen LogP contribution in [0.1, 0.15) is 11.3 Å². The molecule has 1 rings (SSSR count). The number of aryl methyl sites for hydroxylation is 1. The molecule has 0 radical (unpaired) electrons. The monoisotopic (exact) mass is 287 g/mol. The van der Waals surface area contributed by atoms with Crippen molar-refractivity contribution in [3.63, 3.8) is 0 Å². The molecule has 1 aromatic rings. The summed E-state index contributed by atoms with van der Waals surface area (Å²) in [6.07, 6.45) is -3.12. The zero-order chi connectivity index (χ0) is 9.35. The summed E-state index contributed by atoms with van der Waals surface area (Å²) < 4.78 is 36.8. The van der Waals surface area contributed by atoms with Gasteiger partial charge in [-0.15, -0.1) is 0 Å². The zero-order valence-electron chi connectivity index (χ0n) is 6.11. The lowest BCUT2D eigenvalue weighted by Gasteiger charge is -2.06. The van der Waals surface area contributed by atoms with Crippen LogP contribution in [0.4, 0.5) is 13.2 Å². The lowest BCUT2D eigenvalue weighted by atomic mass is 10.2. The van der Waals surface area contributed by atoms with Gasteiger partial charge >= 0.3 is 6.18 Å². The van der Waals surface area contributed by atoms with Gasteiger partial charge in [0, 0.05) is 9.77 Å². The largest absolute Gasteiger partial charge is 0.433 e. The minimum absolute atomic E-state index is 0.595. The summed E-state index contributed by atoms with van der Waals surface area (Å²) in [7, 11) is 0. The predicted molar refractivity (Wildman–Crippen MR) is 46.7 cm³/mol. The van der Waals surface area contributed by atoms with Gasteiger partial charge in [-0.3, -0.25) is 4.98 Å². The van der Waals surface area contributed by atoms with Crippen molar-refractivity contribution in [3.05, 3.63) is 27.1 Å². The summed E-state index contributed by atoms with van der Waals surface area (Å²) in [6, 6.07) is 1.04. The molecule has 0 bridgehead atoms. The predicted octanol–water partition coefficient (Wildman–Crippen LogP) is 3.01. The Morgan fingerprint density at radius 2 is 2.00 bits per heavy atom. The molecule has 0 spiro atoms. The summed E-state index contributed by atoms with van der Waals surface area (Å²) in [5, 5.41) is 0. The van der Waals surface area contributed by atoms with Gasteiger partial charge in [0.05, 0.1) is 0 Å². The van der Waals surface area contributed by atoms with Crippen molar-refractivity contribution < 1.29 is 13.2 Å². The average molecular weight is 287 g/mol. The highest BCUT2D eigenvalue weighted by atomic mass is 127. The second-order valence-electron chi connectivity index (χ2n) is 2.32. The quantitative estimate of drug-likeness (QED) is 0.668. The lowest BCUT2D eigenvalue weighted by molar-refractivity contribution is -0.141. The van der Waals surface area contributed by atoms with E-state index in [4.69, 9.17) is 0 Å². The molecule has 0 saturated carbocycles. The molecule has 0 saturated heterocycles. The standard InChI is InChI=1S/C7H5F3IN/c1-4-2-6(7(8,9)10)12-3-5(4)11/h2-3H,1H3. The molecule has 1 nitrogen and oxygen atoms in total. The molecule has 0 aliphatic heterocycles. The van der Waals surface area contributed by atoms with Gasteiger partial charge in [0.15, 0.2) is 0 Å². The number of aromatic nitrogens is 1. The van der Waals surface area contributed by atoms with Crippen LogP contribution in [0.2, 0.25) is 0 Å². The van der Waals surface area contributed by atoms with E-state index in [1.807, 2.05) is 22.6 Å². The van der Waals surface area contributed by atoms with Gasteiger partial charge in [-0.25, -0.2) is 0 Å². The van der Waals surface area contributed by atoms with Gasteiger partial charge in [0.2, 0.25) is 0 Å². The summed E-state index contributed by atoms with van der Waals surface area (Å²) in [5.74, 6) is 0. The Labute approximate surface area is 81.1 Å². The van der Waals surface area contributed by atoms with Crippen molar-refractivity contribution in [2.45, 2.75) is 13.1 Å². The van der Waals surface area contributed by atoms with E-state index in [1.165, 1.54) is 6.20 Å². The highest BCUT2D eigenvalue weighted by molar-refractivity contribution is 14.1. The normalized spacial score (nSPS) is 11.8. The highest BCUT2D eigenvalue weighted by Crippen LogP contribution is 2.28. The minimum atomic E-state index is -4.34. The molecular weight excluding hydrogens is 282 g/mol. The van der Waals surface area contributed by atoms with Crippen molar-refractivity contribution >= 4 is 22.6 Å². The number of alkyl halides is 3. The van der Waals surface area contributed by atoms with Crippen molar-refractivity contribution in [2.75, 3.05) is 0 Å². The lowest BCUT2D eigenvalue weighted by Crippen LogP contribution is -2.08. The second kappa shape index (κ2) is 3.20. The van der Waals surface area contributed by atoms with Crippen molar-refractivity contribution in [1.82, 2.24) is 4.98 Å². The highest BCUT2D eigenvalue weighted by Gasteiger charge is 2.32. The van der Waals surface area contributed by atoms with Crippen molar-refractivity contribution in [1.29, 1.82) is 0 Å². The van der Waals surface area contributed by atoms with Gasteiger partial charge in [0.1, 0.15) is 5.69 Å². The maximum absolute atomic E-state index is 12.0. The van der Waals surface area contributed by atoms with Crippen LogP contribution in [0.15, 0.2) is 12.3 Å². The Morgan fingerprint density at radius 3 is 2.42 bits per heavy atom. The molecule has 66 valence electrons. The molecule has 0 aliphatic rings. The molecule has 0 amide bonds. The number of hydrogen-bond acceptors (Lipinski definition) is 1. The number of hydrogen-bond donors (Lipinski definition) is 0. The molecule has 0 fully saturated rings. The number of pyridine rings is 1. The van der Waals surface area contributed by atoms with Gasteiger partial charge in [-0.2, -0.15) is 13.2 Å². The Balaban J connectivity index is 3.14. The Morgan fingerprint density at radius 1 is 1.42 bits per heavy atom. The summed E-state index contributed by atoms with van der Waals surface area (Å²) >= 11 is 1.94. The van der Waals surface area contributed by atoms with Gasteiger partial charge in [-0.05, 0) is 41.1 Å². The first-order valence-electron chi connectivity index (χ1n) is 3.10. The molecule has 0 N–H and O–H groups in total. The first-order chi connectivity index (χ1) is 5.41. The molecule has 0 aliphatic carbocycles. The van der Waals surface area contributed by atoms with E-state index >= 15 is 0 Å². The van der Waals surface area contributed by atoms with Crippen LogP contribution in [-0.2, 0) is 6.18 Å². The van der Waals surface area contributed by atoms with E-state index in [1.54, 1.807) is 6.92 Å². The van der Waals surface area contributed by atoms with Crippen LogP contribution in [0, 0.1) is 10.5 Å². The third-order valence-electron chi connectivity index (χ3n) is 1.34. The Bertz CT molecular complexity index is 295. The van der Waals surface area contributed by atoms with Gasteiger partial charge in [0.25, 0.3) is 0 Å². The maximum Gasteiger partial charge on any atom is 0.433 e. The van der Waals surface area contributed by atoms with E-state index in [2.05, 4.69) is 4.98 Å². The number of halogens is 4. The van der Waals surface area contributed by atoms with E-state index in [0.29, 0.717) is 5.56 Å². The molecule has 1 heterocycles. The zero-order valence-corrected chi connectivity index (χ0v) is 8.27. The minimum Gasteiger partial charge on any atom is -0.251 e. The number of rotatable bonds is 0. The van der Waals surface area contributed by atoms with Crippen LogP contribution in [-0.4, -0.2) is 4.98 Å². The second-order valence-corrected chi connectivity index (χ2v) is 3.48. The Kier molecular flexibility index (Phi) is 2.60. The molecule has 1 aromatic heterocycles. The summed E-state index contributed by atoms with van der Waals surface area (Å²) in [5.41, 5.74) is -0.238. The fourth-order valence-electron chi connectivity index (χ4n) is 0.694. The fraction of sp³-hybridized carbons (Fsp3) is 0.286. The first-order valence-corrected chi connectivity index (χ1v) is 4.18. The molecule has 0 aromatic carbocycles. The van der Waals surface area contributed by atoms with Crippen LogP contribution >= 0.6 is 22.6 Å². The third kappa shape index (κ3) is 2.09. The molecule has 0 atom stereocenters. The fourth-order valence-corrected chi connectivity index (χ4v) is 0.989. The maximum atomic E-state index is 12.0. The SMILES string of the molecule is Cc1cc(C(F)(F)F)ncc1I. The topological polar surface area (TPSA) is 12.9 Å². The number of nitrogens with zero attached hydrogens (tertiary/aromatic N) is 1. The molecule has 0 unspecified atom stereocenters. The van der Waals surface area contributed by atoms with Crippen molar-refractivity contribution in [3.8, 4) is 0 Å². The van der Waals surface area contributed by atoms with Crippen LogP contribution in [0.3, 0.4) is 0 Å². The molecule has 12 heavy (non-hydrogen) atoms. The van der Waals surface area contributed by atoms with E-state index < -0.39 is 11.9 Å². The molecule has 5 heteroatoms. The van der Waals surface area contributed by atoms with E-state index in [-0.39, 0.29) is 0 Å². The van der Waals surface area contributed by atoms with E-state index in [0.717, 1.165) is 9.64 Å².